The maximum atomic E-state index is 6.01. The van der Waals surface area contributed by atoms with Crippen LogP contribution in [0.3, 0.4) is 0 Å². The molecular formula is C13H27N3. The molecule has 3 heteroatoms. The molecule has 3 nitrogen and oxygen atoms in total. The van der Waals surface area contributed by atoms with Gasteiger partial charge in [-0.15, -0.1) is 0 Å². The minimum Gasteiger partial charge on any atom is -0.387 e. The monoisotopic (exact) mass is 225 g/mol. The van der Waals surface area contributed by atoms with Crippen LogP contribution in [0.15, 0.2) is 4.99 Å². The number of aliphatic imine (C=N–C) groups is 1. The zero-order chi connectivity index (χ0) is 12.2. The first-order chi connectivity index (χ1) is 7.43. The van der Waals surface area contributed by atoms with Crippen LogP contribution in [-0.4, -0.2) is 36.4 Å². The van der Waals surface area contributed by atoms with Crippen molar-refractivity contribution in [3.05, 3.63) is 0 Å². The van der Waals surface area contributed by atoms with Crippen molar-refractivity contribution in [2.45, 2.75) is 53.0 Å². The first-order valence-electron chi connectivity index (χ1n) is 6.49. The van der Waals surface area contributed by atoms with Crippen LogP contribution in [0, 0.1) is 5.41 Å². The van der Waals surface area contributed by atoms with Crippen LogP contribution in [0.25, 0.3) is 0 Å². The average molecular weight is 225 g/mol. The van der Waals surface area contributed by atoms with E-state index < -0.39 is 0 Å². The lowest BCUT2D eigenvalue weighted by Crippen LogP contribution is -2.38. The van der Waals surface area contributed by atoms with E-state index in [1.165, 1.54) is 26.1 Å². The summed E-state index contributed by atoms with van der Waals surface area (Å²) in [5.74, 6) is 0.807. The molecule has 1 heterocycles. The van der Waals surface area contributed by atoms with Gasteiger partial charge in [0.15, 0.2) is 0 Å². The van der Waals surface area contributed by atoms with E-state index in [-0.39, 0.29) is 5.41 Å². The molecule has 1 aliphatic heterocycles. The molecule has 16 heavy (non-hydrogen) atoms. The lowest BCUT2D eigenvalue weighted by Gasteiger charge is -2.31. The predicted octanol–water partition coefficient (Wildman–Crippen LogP) is 2.26. The van der Waals surface area contributed by atoms with Crippen LogP contribution in [0.5, 0.6) is 0 Å². The van der Waals surface area contributed by atoms with E-state index in [0.29, 0.717) is 6.04 Å². The summed E-state index contributed by atoms with van der Waals surface area (Å²) in [7, 11) is 0. The van der Waals surface area contributed by atoms with E-state index in [0.717, 1.165) is 18.7 Å². The van der Waals surface area contributed by atoms with Gasteiger partial charge in [-0.25, -0.2) is 0 Å². The van der Waals surface area contributed by atoms with Crippen molar-refractivity contribution in [2.24, 2.45) is 16.1 Å². The second-order valence-corrected chi connectivity index (χ2v) is 5.84. The van der Waals surface area contributed by atoms with Crippen molar-refractivity contribution < 1.29 is 0 Å². The second-order valence-electron chi connectivity index (χ2n) is 5.84. The van der Waals surface area contributed by atoms with Crippen molar-refractivity contribution in [1.82, 2.24) is 4.90 Å². The van der Waals surface area contributed by atoms with Gasteiger partial charge in [-0.3, -0.25) is 4.99 Å². The van der Waals surface area contributed by atoms with E-state index in [9.17, 15) is 0 Å². The number of nitrogens with zero attached hydrogens (tertiary/aromatic N) is 2. The first kappa shape index (κ1) is 13.5. The summed E-state index contributed by atoms with van der Waals surface area (Å²) in [6.45, 7) is 12.2. The highest BCUT2D eigenvalue weighted by atomic mass is 15.1. The smallest absolute Gasteiger partial charge is 0.0994 e. The molecule has 1 fully saturated rings. The molecule has 0 bridgehead atoms. The fraction of sp³-hybridized carbons (Fsp3) is 0.923. The van der Waals surface area contributed by atoms with Crippen molar-refractivity contribution in [1.29, 1.82) is 0 Å². The Balaban J connectivity index is 2.43. The van der Waals surface area contributed by atoms with Crippen molar-refractivity contribution in [3.8, 4) is 0 Å². The topological polar surface area (TPSA) is 41.6 Å². The Morgan fingerprint density at radius 2 is 1.88 bits per heavy atom. The molecular weight excluding hydrogens is 198 g/mol. The third kappa shape index (κ3) is 4.12. The largest absolute Gasteiger partial charge is 0.387 e. The van der Waals surface area contributed by atoms with E-state index in [1.807, 2.05) is 0 Å². The van der Waals surface area contributed by atoms with Crippen LogP contribution < -0.4 is 5.73 Å². The quantitative estimate of drug-likeness (QED) is 0.591. The molecule has 0 aromatic carbocycles. The Bertz CT molecular complexity index is 232. The van der Waals surface area contributed by atoms with Gasteiger partial charge in [-0.05, 0) is 25.8 Å². The third-order valence-corrected chi connectivity index (χ3v) is 3.19. The minimum atomic E-state index is 0.0144. The van der Waals surface area contributed by atoms with Crippen LogP contribution in [0.4, 0.5) is 0 Å². The van der Waals surface area contributed by atoms with E-state index in [4.69, 9.17) is 5.73 Å². The molecule has 0 aromatic heterocycles. The Hall–Kier alpha value is -0.570. The minimum absolute atomic E-state index is 0.0144. The highest BCUT2D eigenvalue weighted by Gasteiger charge is 2.21. The van der Waals surface area contributed by atoms with Gasteiger partial charge in [0.25, 0.3) is 0 Å². The number of rotatable bonds is 3. The molecule has 0 spiro atoms. The number of hydrogen-bond donors (Lipinski definition) is 1. The molecule has 1 rings (SSSR count). The first-order valence-corrected chi connectivity index (χ1v) is 6.49. The molecule has 2 N–H and O–H groups in total. The number of nitrogens with two attached hydrogens (primary N) is 1. The zero-order valence-corrected chi connectivity index (χ0v) is 11.3. The van der Waals surface area contributed by atoms with E-state index in [1.54, 1.807) is 0 Å². The van der Waals surface area contributed by atoms with Gasteiger partial charge in [-0.1, -0.05) is 27.7 Å². The SMILES string of the molecule is CCCN1CCC(N=C(N)C(C)(C)C)CC1. The van der Waals surface area contributed by atoms with Gasteiger partial charge in [0.2, 0.25) is 0 Å². The normalized spacial score (nSPS) is 21.4. The summed E-state index contributed by atoms with van der Waals surface area (Å²) in [4.78, 5) is 7.20. The molecule has 0 saturated carbocycles. The molecule has 0 aliphatic carbocycles. The summed E-state index contributed by atoms with van der Waals surface area (Å²) in [6, 6.07) is 0.451. The average Bonchev–Trinajstić information content (AvgIpc) is 2.20. The van der Waals surface area contributed by atoms with Gasteiger partial charge in [-0.2, -0.15) is 0 Å². The van der Waals surface area contributed by atoms with Gasteiger partial charge in [0.1, 0.15) is 0 Å². The highest BCUT2D eigenvalue weighted by molar-refractivity contribution is 5.85. The maximum absolute atomic E-state index is 6.01. The van der Waals surface area contributed by atoms with Gasteiger partial charge < -0.3 is 10.6 Å². The standard InChI is InChI=1S/C13H27N3/c1-5-8-16-9-6-11(7-10-16)15-12(14)13(2,3)4/h11H,5-10H2,1-4H3,(H2,14,15). The molecule has 0 atom stereocenters. The summed E-state index contributed by atoms with van der Waals surface area (Å²) in [6.07, 6.45) is 3.58. The van der Waals surface area contributed by atoms with Gasteiger partial charge in [0.05, 0.1) is 11.9 Å². The Kier molecular flexibility index (Phi) is 4.78. The summed E-state index contributed by atoms with van der Waals surface area (Å²) < 4.78 is 0. The van der Waals surface area contributed by atoms with Crippen LogP contribution in [0.1, 0.15) is 47.0 Å². The Morgan fingerprint density at radius 1 is 1.31 bits per heavy atom. The maximum Gasteiger partial charge on any atom is 0.0994 e. The Labute approximate surface area is 100 Å². The summed E-state index contributed by atoms with van der Waals surface area (Å²) in [5, 5.41) is 0. The summed E-state index contributed by atoms with van der Waals surface area (Å²) >= 11 is 0. The number of amidine groups is 1. The van der Waals surface area contributed by atoms with Crippen LogP contribution in [0.2, 0.25) is 0 Å². The van der Waals surface area contributed by atoms with Crippen molar-refractivity contribution >= 4 is 5.84 Å². The third-order valence-electron chi connectivity index (χ3n) is 3.19. The zero-order valence-electron chi connectivity index (χ0n) is 11.3. The van der Waals surface area contributed by atoms with Crippen molar-refractivity contribution in [3.63, 3.8) is 0 Å². The van der Waals surface area contributed by atoms with Crippen LogP contribution in [-0.2, 0) is 0 Å². The molecule has 1 aliphatic rings. The number of piperidine rings is 1. The fourth-order valence-electron chi connectivity index (χ4n) is 1.98. The molecule has 1 saturated heterocycles. The van der Waals surface area contributed by atoms with E-state index in [2.05, 4.69) is 37.6 Å². The Morgan fingerprint density at radius 3 is 2.31 bits per heavy atom. The summed E-state index contributed by atoms with van der Waals surface area (Å²) in [5.41, 5.74) is 6.03. The van der Waals surface area contributed by atoms with E-state index >= 15 is 0 Å². The van der Waals surface area contributed by atoms with Crippen molar-refractivity contribution in [2.75, 3.05) is 19.6 Å². The highest BCUT2D eigenvalue weighted by Crippen LogP contribution is 2.18. The lowest BCUT2D eigenvalue weighted by atomic mass is 9.94. The lowest BCUT2D eigenvalue weighted by molar-refractivity contribution is 0.214. The molecule has 0 radical (unpaired) electrons. The molecule has 0 unspecified atom stereocenters. The van der Waals surface area contributed by atoms with Crippen LogP contribution >= 0.6 is 0 Å². The number of hydrogen-bond acceptors (Lipinski definition) is 2. The molecule has 94 valence electrons. The molecule has 0 aromatic rings. The van der Waals surface area contributed by atoms with Gasteiger partial charge >= 0.3 is 0 Å². The predicted molar refractivity (Wildman–Crippen MR) is 70.8 cm³/mol. The molecule has 0 amide bonds. The number of likely N-dealkylation sites (tertiary alicyclic amines) is 1. The fourth-order valence-corrected chi connectivity index (χ4v) is 1.98. The van der Waals surface area contributed by atoms with Gasteiger partial charge in [0, 0.05) is 18.5 Å². The second kappa shape index (κ2) is 5.67.